The summed E-state index contributed by atoms with van der Waals surface area (Å²) in [5, 5.41) is 3.70. The van der Waals surface area contributed by atoms with Crippen molar-refractivity contribution in [3.8, 4) is 0 Å². The Labute approximate surface area is 163 Å². The molecule has 2 saturated heterocycles. The van der Waals surface area contributed by atoms with E-state index in [1.165, 1.54) is 6.07 Å². The molecule has 0 unspecified atom stereocenters. The standard InChI is InChI=1S/C21H22ClFN2O2/c1-13-2-7-19(23)18(8-13)21(26)24-16-9-17-12-27-20(11-25(17)10-16)14-3-5-15(22)6-4-14/h2-8,16-17,20H,9-12H2,1H3,(H,24,26)/t16-,17-,20+/m0/s1. The number of aryl methyl sites for hydroxylation is 1. The first-order valence-electron chi connectivity index (χ1n) is 9.18. The molecule has 1 amide bonds. The quantitative estimate of drug-likeness (QED) is 0.871. The molecule has 4 nitrogen and oxygen atoms in total. The van der Waals surface area contributed by atoms with E-state index < -0.39 is 5.82 Å². The van der Waals surface area contributed by atoms with Gasteiger partial charge in [-0.25, -0.2) is 4.39 Å². The molecule has 0 saturated carbocycles. The second-order valence-electron chi connectivity index (χ2n) is 7.37. The van der Waals surface area contributed by atoms with Gasteiger partial charge in [-0.2, -0.15) is 0 Å². The Morgan fingerprint density at radius 1 is 1.22 bits per heavy atom. The molecule has 2 aromatic carbocycles. The molecule has 2 aromatic rings. The van der Waals surface area contributed by atoms with Crippen molar-refractivity contribution in [2.45, 2.75) is 31.5 Å². The number of nitrogens with one attached hydrogen (secondary N) is 1. The van der Waals surface area contributed by atoms with Crippen molar-refractivity contribution in [3.05, 3.63) is 70.0 Å². The molecule has 4 rings (SSSR count). The van der Waals surface area contributed by atoms with Crippen LogP contribution in [0.15, 0.2) is 42.5 Å². The molecule has 0 bridgehead atoms. The van der Waals surface area contributed by atoms with Crippen molar-refractivity contribution in [1.82, 2.24) is 10.2 Å². The van der Waals surface area contributed by atoms with E-state index in [9.17, 15) is 9.18 Å². The van der Waals surface area contributed by atoms with Crippen molar-refractivity contribution < 1.29 is 13.9 Å². The van der Waals surface area contributed by atoms with Gasteiger partial charge in [-0.1, -0.05) is 35.4 Å². The molecule has 2 aliphatic heterocycles. The molecule has 0 aromatic heterocycles. The molecule has 1 N–H and O–H groups in total. The van der Waals surface area contributed by atoms with Gasteiger partial charge in [0.2, 0.25) is 0 Å². The zero-order valence-electron chi connectivity index (χ0n) is 15.1. The van der Waals surface area contributed by atoms with E-state index in [1.807, 2.05) is 31.2 Å². The Bertz CT molecular complexity index is 843. The van der Waals surface area contributed by atoms with Crippen molar-refractivity contribution >= 4 is 17.5 Å². The summed E-state index contributed by atoms with van der Waals surface area (Å²) in [5.74, 6) is -0.837. The van der Waals surface area contributed by atoms with Crippen LogP contribution in [0.1, 0.15) is 34.0 Å². The number of ether oxygens (including phenoxy) is 1. The van der Waals surface area contributed by atoms with Gasteiger partial charge in [0.1, 0.15) is 5.82 Å². The number of nitrogens with zero attached hydrogens (tertiary/aromatic N) is 1. The number of amides is 1. The summed E-state index contributed by atoms with van der Waals surface area (Å²) in [6, 6.07) is 12.6. The van der Waals surface area contributed by atoms with Crippen LogP contribution < -0.4 is 5.32 Å². The van der Waals surface area contributed by atoms with Gasteiger partial charge < -0.3 is 10.1 Å². The van der Waals surface area contributed by atoms with E-state index in [2.05, 4.69) is 10.2 Å². The maximum Gasteiger partial charge on any atom is 0.254 e. The van der Waals surface area contributed by atoms with E-state index in [-0.39, 0.29) is 29.7 Å². The summed E-state index contributed by atoms with van der Waals surface area (Å²) in [6.07, 6.45) is 0.814. The fourth-order valence-electron chi connectivity index (χ4n) is 3.93. The highest BCUT2D eigenvalue weighted by atomic mass is 35.5. The molecular weight excluding hydrogens is 367 g/mol. The Morgan fingerprint density at radius 2 is 2.00 bits per heavy atom. The highest BCUT2D eigenvalue weighted by Gasteiger charge is 2.38. The summed E-state index contributed by atoms with van der Waals surface area (Å²) < 4.78 is 20.0. The second-order valence-corrected chi connectivity index (χ2v) is 7.81. The molecule has 27 heavy (non-hydrogen) atoms. The van der Waals surface area contributed by atoms with Gasteiger partial charge in [-0.3, -0.25) is 9.69 Å². The maximum atomic E-state index is 14.0. The second kappa shape index (κ2) is 7.58. The van der Waals surface area contributed by atoms with Crippen LogP contribution in [0.3, 0.4) is 0 Å². The van der Waals surface area contributed by atoms with Crippen LogP contribution in [0, 0.1) is 12.7 Å². The minimum atomic E-state index is -0.486. The van der Waals surface area contributed by atoms with Crippen LogP contribution in [-0.2, 0) is 4.74 Å². The zero-order valence-corrected chi connectivity index (χ0v) is 15.9. The summed E-state index contributed by atoms with van der Waals surface area (Å²) in [5.41, 5.74) is 2.08. The van der Waals surface area contributed by atoms with E-state index in [0.717, 1.165) is 30.6 Å². The van der Waals surface area contributed by atoms with Crippen LogP contribution >= 0.6 is 11.6 Å². The highest BCUT2D eigenvalue weighted by Crippen LogP contribution is 2.31. The van der Waals surface area contributed by atoms with Gasteiger partial charge in [0, 0.05) is 30.2 Å². The summed E-state index contributed by atoms with van der Waals surface area (Å²) in [6.45, 7) is 3.99. The summed E-state index contributed by atoms with van der Waals surface area (Å²) >= 11 is 5.96. The number of carbonyl (C=O) groups is 1. The molecule has 2 fully saturated rings. The molecule has 142 valence electrons. The summed E-state index contributed by atoms with van der Waals surface area (Å²) in [7, 11) is 0. The Balaban J connectivity index is 1.39. The molecular formula is C21H22ClFN2O2. The van der Waals surface area contributed by atoms with Gasteiger partial charge in [-0.05, 0) is 43.2 Å². The normalized spacial score (nSPS) is 25.2. The molecule has 3 atom stereocenters. The average Bonchev–Trinajstić information content (AvgIpc) is 3.05. The third-order valence-electron chi connectivity index (χ3n) is 5.36. The minimum Gasteiger partial charge on any atom is -0.371 e. The number of fused-ring (bicyclic) bond motifs is 1. The van der Waals surface area contributed by atoms with Crippen LogP contribution in [0.2, 0.25) is 5.02 Å². The van der Waals surface area contributed by atoms with Gasteiger partial charge in [0.05, 0.1) is 18.3 Å². The fourth-order valence-corrected chi connectivity index (χ4v) is 4.06. The van der Waals surface area contributed by atoms with E-state index >= 15 is 0 Å². The summed E-state index contributed by atoms with van der Waals surface area (Å²) in [4.78, 5) is 14.8. The van der Waals surface area contributed by atoms with Crippen LogP contribution in [-0.4, -0.2) is 42.6 Å². The monoisotopic (exact) mass is 388 g/mol. The van der Waals surface area contributed by atoms with Crippen molar-refractivity contribution in [1.29, 1.82) is 0 Å². The van der Waals surface area contributed by atoms with Crippen molar-refractivity contribution in [3.63, 3.8) is 0 Å². The predicted octanol–water partition coefficient (Wildman–Crippen LogP) is 3.73. The number of hydrogen-bond acceptors (Lipinski definition) is 3. The first-order valence-corrected chi connectivity index (χ1v) is 9.55. The lowest BCUT2D eigenvalue weighted by Crippen LogP contribution is -2.43. The molecule has 0 radical (unpaired) electrons. The largest absolute Gasteiger partial charge is 0.371 e. The number of morpholine rings is 1. The van der Waals surface area contributed by atoms with Gasteiger partial charge in [0.25, 0.3) is 5.91 Å². The lowest BCUT2D eigenvalue weighted by molar-refractivity contribution is -0.0502. The minimum absolute atomic E-state index is 0.00202. The maximum absolute atomic E-state index is 14.0. The predicted molar refractivity (Wildman–Crippen MR) is 103 cm³/mol. The molecule has 2 heterocycles. The van der Waals surface area contributed by atoms with Crippen molar-refractivity contribution in [2.75, 3.05) is 19.7 Å². The van der Waals surface area contributed by atoms with Gasteiger partial charge in [-0.15, -0.1) is 0 Å². The fraction of sp³-hybridized carbons (Fsp3) is 0.381. The molecule has 2 aliphatic rings. The number of benzene rings is 2. The lowest BCUT2D eigenvalue weighted by atomic mass is 10.1. The number of hydrogen-bond donors (Lipinski definition) is 1. The molecule has 0 spiro atoms. The van der Waals surface area contributed by atoms with E-state index in [0.29, 0.717) is 11.6 Å². The van der Waals surface area contributed by atoms with Gasteiger partial charge >= 0.3 is 0 Å². The first kappa shape index (κ1) is 18.4. The molecule has 6 heteroatoms. The Kier molecular flexibility index (Phi) is 5.17. The Morgan fingerprint density at radius 3 is 2.78 bits per heavy atom. The van der Waals surface area contributed by atoms with Crippen molar-refractivity contribution in [2.24, 2.45) is 0 Å². The first-order chi connectivity index (χ1) is 13.0. The SMILES string of the molecule is Cc1ccc(F)c(C(=O)N[C@H]2C[C@H]3CO[C@@H](c4ccc(Cl)cc4)CN3C2)c1. The van der Waals surface area contributed by atoms with E-state index in [1.54, 1.807) is 12.1 Å². The highest BCUT2D eigenvalue weighted by molar-refractivity contribution is 6.30. The van der Waals surface area contributed by atoms with Gasteiger partial charge in [0.15, 0.2) is 0 Å². The third kappa shape index (κ3) is 4.00. The van der Waals surface area contributed by atoms with E-state index in [4.69, 9.17) is 16.3 Å². The number of rotatable bonds is 3. The Hall–Kier alpha value is -1.95. The third-order valence-corrected chi connectivity index (χ3v) is 5.61. The number of carbonyl (C=O) groups excluding carboxylic acids is 1. The number of halogens is 2. The topological polar surface area (TPSA) is 41.6 Å². The average molecular weight is 389 g/mol. The van der Waals surface area contributed by atoms with Crippen LogP contribution in [0.25, 0.3) is 0 Å². The van der Waals surface area contributed by atoms with Crippen LogP contribution in [0.4, 0.5) is 4.39 Å². The zero-order chi connectivity index (χ0) is 19.0. The smallest absolute Gasteiger partial charge is 0.254 e. The molecule has 0 aliphatic carbocycles. The lowest BCUT2D eigenvalue weighted by Gasteiger charge is -2.35. The van der Waals surface area contributed by atoms with Crippen LogP contribution in [0.5, 0.6) is 0 Å².